The van der Waals surface area contributed by atoms with E-state index in [1.54, 1.807) is 12.3 Å². The Balaban J connectivity index is 1.94. The van der Waals surface area contributed by atoms with Crippen LogP contribution in [-0.2, 0) is 4.74 Å². The summed E-state index contributed by atoms with van der Waals surface area (Å²) < 4.78 is 9.78. The van der Waals surface area contributed by atoms with Crippen molar-refractivity contribution >= 4 is 12.2 Å². The monoisotopic (exact) mass is 179 g/mol. The lowest BCUT2D eigenvalue weighted by atomic mass is 10.3. The molecule has 0 saturated carbocycles. The van der Waals surface area contributed by atoms with Gasteiger partial charge in [-0.25, -0.2) is 4.79 Å². The molecular formula is C9H9NO3. The zero-order valence-electron chi connectivity index (χ0n) is 6.90. The molecule has 1 atom stereocenters. The fourth-order valence-electron chi connectivity index (χ4n) is 1.10. The van der Waals surface area contributed by atoms with Gasteiger partial charge in [-0.15, -0.1) is 0 Å². The van der Waals surface area contributed by atoms with Crippen LogP contribution in [0.3, 0.4) is 0 Å². The van der Waals surface area contributed by atoms with Crippen molar-refractivity contribution in [2.75, 3.05) is 6.61 Å². The molecule has 4 nitrogen and oxygen atoms in total. The summed E-state index contributed by atoms with van der Waals surface area (Å²) in [5.41, 5.74) is 0. The minimum absolute atomic E-state index is 0.0439. The van der Waals surface area contributed by atoms with Gasteiger partial charge in [0.2, 0.25) is 0 Å². The summed E-state index contributed by atoms with van der Waals surface area (Å²) in [4.78, 5) is 10.6. The van der Waals surface area contributed by atoms with Gasteiger partial charge in [0.1, 0.15) is 12.4 Å². The molecule has 0 radical (unpaired) electrons. The normalized spacial score (nSPS) is 21.8. The predicted octanol–water partition coefficient (Wildman–Crippen LogP) is 1.40. The van der Waals surface area contributed by atoms with Gasteiger partial charge in [0.15, 0.2) is 0 Å². The molecule has 1 fully saturated rings. The van der Waals surface area contributed by atoms with Crippen molar-refractivity contribution in [2.24, 2.45) is 0 Å². The van der Waals surface area contributed by atoms with Gasteiger partial charge >= 0.3 is 6.09 Å². The van der Waals surface area contributed by atoms with Crippen molar-refractivity contribution in [1.82, 2.24) is 5.32 Å². The average Bonchev–Trinajstić information content (AvgIpc) is 2.71. The average molecular weight is 179 g/mol. The largest absolute Gasteiger partial charge is 0.465 e. The van der Waals surface area contributed by atoms with E-state index in [0.717, 1.165) is 5.76 Å². The lowest BCUT2D eigenvalue weighted by molar-refractivity contribution is 0.177. The summed E-state index contributed by atoms with van der Waals surface area (Å²) in [7, 11) is 0. The van der Waals surface area contributed by atoms with Gasteiger partial charge in [0.05, 0.1) is 12.3 Å². The maximum absolute atomic E-state index is 10.6. The first-order valence-electron chi connectivity index (χ1n) is 3.99. The molecule has 1 aliphatic heterocycles. The number of nitrogens with one attached hydrogen (secondary N) is 1. The molecule has 1 aromatic rings. The predicted molar refractivity (Wildman–Crippen MR) is 46.0 cm³/mol. The highest BCUT2D eigenvalue weighted by atomic mass is 16.6. The first-order valence-corrected chi connectivity index (χ1v) is 3.99. The van der Waals surface area contributed by atoms with E-state index in [1.807, 2.05) is 18.2 Å². The number of furan rings is 1. The van der Waals surface area contributed by atoms with Crippen LogP contribution in [0.4, 0.5) is 4.79 Å². The minimum Gasteiger partial charge on any atom is -0.465 e. The van der Waals surface area contributed by atoms with E-state index in [4.69, 9.17) is 9.15 Å². The molecule has 1 N–H and O–H groups in total. The number of rotatable bonds is 2. The quantitative estimate of drug-likeness (QED) is 0.746. The van der Waals surface area contributed by atoms with Crippen LogP contribution < -0.4 is 5.32 Å². The van der Waals surface area contributed by atoms with Crippen LogP contribution in [-0.4, -0.2) is 18.7 Å². The van der Waals surface area contributed by atoms with E-state index in [-0.39, 0.29) is 12.1 Å². The van der Waals surface area contributed by atoms with E-state index in [0.29, 0.717) is 6.61 Å². The van der Waals surface area contributed by atoms with Crippen molar-refractivity contribution in [3.8, 4) is 0 Å². The fraction of sp³-hybridized carbons (Fsp3) is 0.222. The van der Waals surface area contributed by atoms with Crippen LogP contribution in [0.25, 0.3) is 6.08 Å². The van der Waals surface area contributed by atoms with Gasteiger partial charge in [-0.1, -0.05) is 6.08 Å². The van der Waals surface area contributed by atoms with Gasteiger partial charge in [-0.05, 0) is 18.2 Å². The van der Waals surface area contributed by atoms with Crippen LogP contribution in [0, 0.1) is 0 Å². The van der Waals surface area contributed by atoms with Gasteiger partial charge < -0.3 is 14.5 Å². The lowest BCUT2D eigenvalue weighted by Gasteiger charge is -1.96. The van der Waals surface area contributed by atoms with Gasteiger partial charge in [-0.3, -0.25) is 0 Å². The number of amides is 1. The molecule has 1 aliphatic rings. The molecule has 13 heavy (non-hydrogen) atoms. The maximum atomic E-state index is 10.6. The molecule has 1 saturated heterocycles. The molecule has 2 rings (SSSR count). The Morgan fingerprint density at radius 3 is 3.15 bits per heavy atom. The number of hydrogen-bond acceptors (Lipinski definition) is 3. The molecule has 68 valence electrons. The molecule has 0 aliphatic carbocycles. The second-order valence-corrected chi connectivity index (χ2v) is 2.72. The highest BCUT2D eigenvalue weighted by molar-refractivity contribution is 5.70. The van der Waals surface area contributed by atoms with Crippen LogP contribution in [0.15, 0.2) is 28.9 Å². The van der Waals surface area contributed by atoms with Gasteiger partial charge in [-0.2, -0.15) is 0 Å². The molecule has 0 aromatic carbocycles. The van der Waals surface area contributed by atoms with Crippen LogP contribution >= 0.6 is 0 Å². The van der Waals surface area contributed by atoms with Crippen molar-refractivity contribution in [2.45, 2.75) is 6.04 Å². The zero-order chi connectivity index (χ0) is 9.10. The van der Waals surface area contributed by atoms with Gasteiger partial charge in [0, 0.05) is 0 Å². The highest BCUT2D eigenvalue weighted by Gasteiger charge is 2.18. The Labute approximate surface area is 75.2 Å². The summed E-state index contributed by atoms with van der Waals surface area (Å²) in [6.45, 7) is 0.385. The number of hydrogen-bond donors (Lipinski definition) is 1. The number of carbonyl (C=O) groups excluding carboxylic acids is 1. The van der Waals surface area contributed by atoms with Crippen LogP contribution in [0.1, 0.15) is 5.76 Å². The van der Waals surface area contributed by atoms with Crippen LogP contribution in [0.5, 0.6) is 0 Å². The molecule has 0 unspecified atom stereocenters. The highest BCUT2D eigenvalue weighted by Crippen LogP contribution is 2.05. The smallest absolute Gasteiger partial charge is 0.407 e. The number of ether oxygens (including phenoxy) is 1. The molecule has 2 heterocycles. The summed E-state index contributed by atoms with van der Waals surface area (Å²) in [6.07, 6.45) is 4.88. The topological polar surface area (TPSA) is 51.5 Å². The fourth-order valence-corrected chi connectivity index (χ4v) is 1.10. The van der Waals surface area contributed by atoms with E-state index in [1.165, 1.54) is 0 Å². The van der Waals surface area contributed by atoms with Crippen molar-refractivity contribution in [3.05, 3.63) is 30.2 Å². The third kappa shape index (κ3) is 1.90. The van der Waals surface area contributed by atoms with Crippen molar-refractivity contribution < 1.29 is 13.9 Å². The van der Waals surface area contributed by atoms with Crippen molar-refractivity contribution in [1.29, 1.82) is 0 Å². The van der Waals surface area contributed by atoms with E-state index in [2.05, 4.69) is 5.32 Å². The summed E-state index contributed by atoms with van der Waals surface area (Å²) >= 11 is 0. The first kappa shape index (κ1) is 7.91. The molecule has 1 aromatic heterocycles. The van der Waals surface area contributed by atoms with Crippen LogP contribution in [0.2, 0.25) is 0 Å². The minimum atomic E-state index is -0.367. The third-order valence-electron chi connectivity index (χ3n) is 1.73. The number of cyclic esters (lactones) is 1. The standard InChI is InChI=1S/C9H9NO3/c11-9-10-7(6-13-9)3-4-8-2-1-5-12-8/h1-5,7H,6H2,(H,10,11)/b4-3+/t7-/m1/s1. The van der Waals surface area contributed by atoms with E-state index >= 15 is 0 Å². The van der Waals surface area contributed by atoms with Gasteiger partial charge in [0.25, 0.3) is 0 Å². The van der Waals surface area contributed by atoms with Crippen molar-refractivity contribution in [3.63, 3.8) is 0 Å². The number of alkyl carbamates (subject to hydrolysis) is 1. The Kier molecular flexibility index (Phi) is 2.04. The second-order valence-electron chi connectivity index (χ2n) is 2.72. The zero-order valence-corrected chi connectivity index (χ0v) is 6.90. The Hall–Kier alpha value is -1.71. The SMILES string of the molecule is O=C1N[C@H](/C=C/c2ccco2)CO1. The summed E-state index contributed by atoms with van der Waals surface area (Å²) in [5.74, 6) is 0.765. The molecular weight excluding hydrogens is 170 g/mol. The third-order valence-corrected chi connectivity index (χ3v) is 1.73. The molecule has 1 amide bonds. The second kappa shape index (κ2) is 3.35. The lowest BCUT2D eigenvalue weighted by Crippen LogP contribution is -2.23. The molecule has 0 spiro atoms. The Bertz CT molecular complexity index is 316. The number of carbonyl (C=O) groups is 1. The van der Waals surface area contributed by atoms with E-state index in [9.17, 15) is 4.79 Å². The first-order chi connectivity index (χ1) is 6.34. The Morgan fingerprint density at radius 2 is 2.54 bits per heavy atom. The summed E-state index contributed by atoms with van der Waals surface area (Å²) in [5, 5.41) is 2.63. The Morgan fingerprint density at radius 1 is 1.62 bits per heavy atom. The molecule has 0 bridgehead atoms. The summed E-state index contributed by atoms with van der Waals surface area (Å²) in [6, 6.07) is 3.61. The maximum Gasteiger partial charge on any atom is 0.407 e. The molecule has 4 heteroatoms. The van der Waals surface area contributed by atoms with E-state index < -0.39 is 0 Å².